The summed E-state index contributed by atoms with van der Waals surface area (Å²) in [4.78, 5) is 29.6. The van der Waals surface area contributed by atoms with E-state index in [9.17, 15) is 9.59 Å². The lowest BCUT2D eigenvalue weighted by Crippen LogP contribution is -2.43. The first kappa shape index (κ1) is 17.1. The molecule has 8 nitrogen and oxygen atoms in total. The van der Waals surface area contributed by atoms with Crippen LogP contribution in [0.25, 0.3) is 0 Å². The summed E-state index contributed by atoms with van der Waals surface area (Å²) in [5.74, 6) is -1.40. The Morgan fingerprint density at radius 1 is 1.36 bits per heavy atom. The van der Waals surface area contributed by atoms with Gasteiger partial charge in [-0.3, -0.25) is 9.48 Å². The summed E-state index contributed by atoms with van der Waals surface area (Å²) < 4.78 is 7.39. The second-order valence-electron chi connectivity index (χ2n) is 6.03. The van der Waals surface area contributed by atoms with Crippen LogP contribution in [-0.4, -0.2) is 56.4 Å². The van der Waals surface area contributed by atoms with Crippen molar-refractivity contribution in [2.45, 2.75) is 19.9 Å². The van der Waals surface area contributed by atoms with Crippen molar-refractivity contribution >= 4 is 11.9 Å². The van der Waals surface area contributed by atoms with Gasteiger partial charge in [0.25, 0.3) is 5.91 Å². The average Bonchev–Trinajstić information content (AvgIpc) is 2.86. The van der Waals surface area contributed by atoms with Crippen molar-refractivity contribution < 1.29 is 19.4 Å². The van der Waals surface area contributed by atoms with Crippen molar-refractivity contribution in [3.63, 3.8) is 0 Å². The molecule has 1 atom stereocenters. The first-order valence-electron chi connectivity index (χ1n) is 7.98. The predicted molar refractivity (Wildman–Crippen MR) is 88.5 cm³/mol. The molecule has 0 aromatic carbocycles. The minimum Gasteiger partial charge on any atom is -0.477 e. The van der Waals surface area contributed by atoms with E-state index in [4.69, 9.17) is 9.84 Å². The quantitative estimate of drug-likeness (QED) is 0.902. The molecule has 0 aliphatic carbocycles. The Bertz CT molecular complexity index is 830. The van der Waals surface area contributed by atoms with Gasteiger partial charge in [-0.2, -0.15) is 5.10 Å². The van der Waals surface area contributed by atoms with Crippen molar-refractivity contribution in [3.8, 4) is 0 Å². The minimum atomic E-state index is -1.16. The van der Waals surface area contributed by atoms with Gasteiger partial charge in [0.05, 0.1) is 24.9 Å². The summed E-state index contributed by atoms with van der Waals surface area (Å²) in [6.07, 6.45) is 1.34. The predicted octanol–water partition coefficient (Wildman–Crippen LogP) is 1.34. The van der Waals surface area contributed by atoms with E-state index in [1.807, 2.05) is 20.9 Å². The smallest absolute Gasteiger partial charge is 0.354 e. The van der Waals surface area contributed by atoms with Gasteiger partial charge in [0.15, 0.2) is 0 Å². The van der Waals surface area contributed by atoms with Gasteiger partial charge >= 0.3 is 5.97 Å². The summed E-state index contributed by atoms with van der Waals surface area (Å²) in [5, 5.41) is 13.5. The molecule has 1 unspecified atom stereocenters. The first-order chi connectivity index (χ1) is 11.9. The molecule has 3 rings (SSSR count). The van der Waals surface area contributed by atoms with Gasteiger partial charge in [0, 0.05) is 36.6 Å². The van der Waals surface area contributed by atoms with Crippen molar-refractivity contribution in [2.24, 2.45) is 7.05 Å². The van der Waals surface area contributed by atoms with E-state index < -0.39 is 5.97 Å². The van der Waals surface area contributed by atoms with Crippen molar-refractivity contribution in [1.82, 2.24) is 19.7 Å². The van der Waals surface area contributed by atoms with Crippen LogP contribution in [0, 0.1) is 13.8 Å². The fraction of sp³-hybridized carbons (Fsp3) is 0.412. The number of carboxylic acid groups (broad SMARTS) is 1. The highest BCUT2D eigenvalue weighted by Gasteiger charge is 2.33. The number of carbonyl (C=O) groups excluding carboxylic acids is 1. The Balaban J connectivity index is 1.97. The molecule has 25 heavy (non-hydrogen) atoms. The van der Waals surface area contributed by atoms with E-state index in [1.165, 1.54) is 18.3 Å². The van der Waals surface area contributed by atoms with E-state index >= 15 is 0 Å². The zero-order chi connectivity index (χ0) is 18.1. The highest BCUT2D eigenvalue weighted by atomic mass is 16.5. The number of carboxylic acids is 1. The molecule has 132 valence electrons. The number of aryl methyl sites for hydroxylation is 2. The van der Waals surface area contributed by atoms with Gasteiger partial charge in [0.2, 0.25) is 0 Å². The SMILES string of the molecule is Cc1nn(C)c(C)c1C1COCCN1C(=O)c1ccnc(C(=O)O)c1. The van der Waals surface area contributed by atoms with E-state index in [0.29, 0.717) is 25.3 Å². The summed E-state index contributed by atoms with van der Waals surface area (Å²) >= 11 is 0. The lowest BCUT2D eigenvalue weighted by atomic mass is 10.0. The van der Waals surface area contributed by atoms with Crippen molar-refractivity contribution in [3.05, 3.63) is 46.5 Å². The number of morpholine rings is 1. The zero-order valence-electron chi connectivity index (χ0n) is 14.4. The van der Waals surface area contributed by atoms with E-state index in [-0.39, 0.29) is 17.6 Å². The lowest BCUT2D eigenvalue weighted by Gasteiger charge is -2.36. The largest absolute Gasteiger partial charge is 0.477 e. The van der Waals surface area contributed by atoms with Crippen LogP contribution in [0.15, 0.2) is 18.3 Å². The van der Waals surface area contributed by atoms with E-state index in [1.54, 1.807) is 9.58 Å². The number of ether oxygens (including phenoxy) is 1. The molecule has 2 aromatic heterocycles. The minimum absolute atomic E-state index is 0.149. The second kappa shape index (κ2) is 6.64. The lowest BCUT2D eigenvalue weighted by molar-refractivity contribution is -0.00305. The van der Waals surface area contributed by atoms with Gasteiger partial charge in [-0.15, -0.1) is 0 Å². The van der Waals surface area contributed by atoms with Crippen LogP contribution in [0.5, 0.6) is 0 Å². The molecule has 0 spiro atoms. The van der Waals surface area contributed by atoms with Crippen LogP contribution in [0.1, 0.15) is 43.8 Å². The number of hydrogen-bond acceptors (Lipinski definition) is 5. The van der Waals surface area contributed by atoms with Crippen LogP contribution in [-0.2, 0) is 11.8 Å². The topological polar surface area (TPSA) is 97.5 Å². The summed E-state index contributed by atoms with van der Waals surface area (Å²) in [6.45, 7) is 5.13. The van der Waals surface area contributed by atoms with Crippen LogP contribution in [0.4, 0.5) is 0 Å². The number of hydrogen-bond donors (Lipinski definition) is 1. The normalized spacial score (nSPS) is 17.6. The number of carbonyl (C=O) groups is 2. The van der Waals surface area contributed by atoms with Crippen LogP contribution in [0.2, 0.25) is 0 Å². The Hall–Kier alpha value is -2.74. The number of aromatic nitrogens is 3. The van der Waals surface area contributed by atoms with Gasteiger partial charge in [0.1, 0.15) is 5.69 Å². The number of pyridine rings is 1. The van der Waals surface area contributed by atoms with Crippen molar-refractivity contribution in [2.75, 3.05) is 19.8 Å². The monoisotopic (exact) mass is 344 g/mol. The molecule has 1 aliphatic heterocycles. The molecule has 2 aromatic rings. The first-order valence-corrected chi connectivity index (χ1v) is 7.98. The standard InChI is InChI=1S/C17H20N4O4/c1-10-15(11(2)20(3)19-10)14-9-25-7-6-21(14)16(22)12-4-5-18-13(8-12)17(23)24/h4-5,8,14H,6-7,9H2,1-3H3,(H,23,24). The van der Waals surface area contributed by atoms with E-state index in [0.717, 1.165) is 17.0 Å². The summed E-state index contributed by atoms with van der Waals surface area (Å²) in [7, 11) is 1.86. The molecule has 3 heterocycles. The average molecular weight is 344 g/mol. The molecule has 1 saturated heterocycles. The van der Waals surface area contributed by atoms with Gasteiger partial charge < -0.3 is 14.7 Å². The molecule has 0 radical (unpaired) electrons. The highest BCUT2D eigenvalue weighted by Crippen LogP contribution is 2.30. The van der Waals surface area contributed by atoms with Crippen LogP contribution < -0.4 is 0 Å². The Labute approximate surface area is 145 Å². The molecule has 0 saturated carbocycles. The van der Waals surface area contributed by atoms with Crippen molar-refractivity contribution in [1.29, 1.82) is 0 Å². The molecular formula is C17H20N4O4. The number of rotatable bonds is 3. The fourth-order valence-electron chi connectivity index (χ4n) is 3.20. The van der Waals surface area contributed by atoms with E-state index in [2.05, 4.69) is 10.1 Å². The van der Waals surface area contributed by atoms with Gasteiger partial charge in [-0.05, 0) is 26.0 Å². The molecule has 1 amide bonds. The highest BCUT2D eigenvalue weighted by molar-refractivity contribution is 5.97. The Morgan fingerprint density at radius 3 is 2.76 bits per heavy atom. The maximum absolute atomic E-state index is 13.0. The number of aromatic carboxylic acids is 1. The zero-order valence-corrected chi connectivity index (χ0v) is 14.4. The summed E-state index contributed by atoms with van der Waals surface area (Å²) in [6, 6.07) is 2.58. The maximum atomic E-state index is 13.0. The molecule has 1 aliphatic rings. The number of amides is 1. The summed E-state index contributed by atoms with van der Waals surface area (Å²) in [5.41, 5.74) is 2.96. The third kappa shape index (κ3) is 3.12. The Morgan fingerprint density at radius 2 is 2.12 bits per heavy atom. The van der Waals surface area contributed by atoms with Crippen LogP contribution in [0.3, 0.4) is 0 Å². The molecule has 1 N–H and O–H groups in total. The second-order valence-corrected chi connectivity index (χ2v) is 6.03. The third-order valence-electron chi connectivity index (χ3n) is 4.51. The maximum Gasteiger partial charge on any atom is 0.354 e. The third-order valence-corrected chi connectivity index (χ3v) is 4.51. The van der Waals surface area contributed by atoms with Crippen LogP contribution >= 0.6 is 0 Å². The molecule has 8 heteroatoms. The number of nitrogens with zero attached hydrogens (tertiary/aromatic N) is 4. The van der Waals surface area contributed by atoms with Gasteiger partial charge in [-0.1, -0.05) is 0 Å². The Kier molecular flexibility index (Phi) is 4.54. The molecule has 0 bridgehead atoms. The molecule has 1 fully saturated rings. The molecular weight excluding hydrogens is 324 g/mol. The van der Waals surface area contributed by atoms with Gasteiger partial charge in [-0.25, -0.2) is 9.78 Å². The fourth-order valence-corrected chi connectivity index (χ4v) is 3.20.